The molecule has 1 aromatic carbocycles. The van der Waals surface area contributed by atoms with Gasteiger partial charge in [0.05, 0.1) is 6.42 Å². The average Bonchev–Trinajstić information content (AvgIpc) is 2.56. The van der Waals surface area contributed by atoms with Gasteiger partial charge >= 0.3 is 5.91 Å². The molecule has 0 aliphatic rings. The third-order valence-electron chi connectivity index (χ3n) is 3.02. The van der Waals surface area contributed by atoms with E-state index in [1.54, 1.807) is 48.1 Å². The fourth-order valence-corrected chi connectivity index (χ4v) is 2.03. The fraction of sp³-hybridized carbons (Fsp3) is 0.176. The lowest BCUT2D eigenvalue weighted by Crippen LogP contribution is -3.00. The van der Waals surface area contributed by atoms with Crippen LogP contribution in [0.5, 0.6) is 0 Å². The highest BCUT2D eigenvalue weighted by Gasteiger charge is 2.09. The quantitative estimate of drug-likeness (QED) is 0.389. The first-order chi connectivity index (χ1) is 11.5. The molecule has 0 spiro atoms. The summed E-state index contributed by atoms with van der Waals surface area (Å²) in [5, 5.41) is 7.27. The molecule has 1 heterocycles. The molecule has 0 saturated carbocycles. The molecule has 0 unspecified atom stereocenters. The summed E-state index contributed by atoms with van der Waals surface area (Å²) in [6.45, 7) is 1.84. The number of amides is 2. The molecule has 25 heavy (non-hydrogen) atoms. The normalized spacial score (nSPS) is 10.6. The van der Waals surface area contributed by atoms with E-state index in [1.807, 2.05) is 18.2 Å². The van der Waals surface area contributed by atoms with E-state index >= 15 is 0 Å². The Morgan fingerprint density at radius 1 is 1.08 bits per heavy atom. The number of carbonyl (C=O) groups is 2. The second-order valence-electron chi connectivity index (χ2n) is 5.16. The Morgan fingerprint density at radius 2 is 1.72 bits per heavy atom. The van der Waals surface area contributed by atoms with Gasteiger partial charge in [-0.15, -0.1) is 0 Å². The monoisotopic (exact) mass is 380 g/mol. The van der Waals surface area contributed by atoms with Gasteiger partial charge in [0.2, 0.25) is 12.5 Å². The Labute approximate surface area is 157 Å². The van der Waals surface area contributed by atoms with E-state index in [0.717, 1.165) is 0 Å². The molecule has 6 nitrogen and oxygen atoms in total. The number of halogens is 2. The number of rotatable bonds is 6. The summed E-state index contributed by atoms with van der Waals surface area (Å²) < 4.78 is 1.73. The topological polar surface area (TPSA) is 74.4 Å². The van der Waals surface area contributed by atoms with Crippen LogP contribution in [0.2, 0.25) is 5.02 Å². The van der Waals surface area contributed by atoms with Gasteiger partial charge in [0.15, 0.2) is 12.4 Å². The van der Waals surface area contributed by atoms with Crippen molar-refractivity contribution in [2.45, 2.75) is 19.9 Å². The van der Waals surface area contributed by atoms with Crippen LogP contribution in [0.15, 0.2) is 60.0 Å². The molecule has 132 valence electrons. The number of anilines is 1. The second kappa shape index (κ2) is 10.4. The third kappa shape index (κ3) is 7.78. The maximum atomic E-state index is 11.9. The fourth-order valence-electron chi connectivity index (χ4n) is 1.91. The number of hydrogen-bond acceptors (Lipinski definition) is 3. The molecule has 2 amide bonds. The van der Waals surface area contributed by atoms with Gasteiger partial charge in [0.25, 0.3) is 0 Å². The number of aromatic nitrogens is 1. The lowest BCUT2D eigenvalue weighted by molar-refractivity contribution is -0.684. The van der Waals surface area contributed by atoms with E-state index in [9.17, 15) is 9.59 Å². The van der Waals surface area contributed by atoms with E-state index in [0.29, 0.717) is 16.4 Å². The Morgan fingerprint density at radius 3 is 2.36 bits per heavy atom. The van der Waals surface area contributed by atoms with Crippen LogP contribution in [-0.2, 0) is 16.1 Å². The van der Waals surface area contributed by atoms with Crippen molar-refractivity contribution >= 4 is 34.8 Å². The van der Waals surface area contributed by atoms with Gasteiger partial charge in [-0.2, -0.15) is 9.67 Å². The summed E-state index contributed by atoms with van der Waals surface area (Å²) in [6, 6.07) is 12.4. The minimum Gasteiger partial charge on any atom is -1.00 e. The van der Waals surface area contributed by atoms with Crippen LogP contribution in [0.3, 0.4) is 0 Å². The average molecular weight is 381 g/mol. The Balaban J connectivity index is 0.00000312. The summed E-state index contributed by atoms with van der Waals surface area (Å²) in [5.41, 5.74) is 3.60. The number of hydrazone groups is 1. The van der Waals surface area contributed by atoms with Crippen LogP contribution >= 0.6 is 11.6 Å². The first-order valence-electron chi connectivity index (χ1n) is 7.34. The number of nitrogens with one attached hydrogen (secondary N) is 2. The molecule has 0 atom stereocenters. The molecule has 0 bridgehead atoms. The van der Waals surface area contributed by atoms with Gasteiger partial charge in [0, 0.05) is 28.6 Å². The van der Waals surface area contributed by atoms with E-state index in [1.165, 1.54) is 0 Å². The van der Waals surface area contributed by atoms with Crippen molar-refractivity contribution in [3.63, 3.8) is 0 Å². The Kier molecular flexibility index (Phi) is 8.60. The molecular weight excluding hydrogens is 363 g/mol. The van der Waals surface area contributed by atoms with Crippen LogP contribution in [-0.4, -0.2) is 17.5 Å². The van der Waals surface area contributed by atoms with Gasteiger partial charge < -0.3 is 17.7 Å². The largest absolute Gasteiger partial charge is 1.00 e. The Bertz CT molecular complexity index is 734. The summed E-state index contributed by atoms with van der Waals surface area (Å²) in [6.07, 6.45) is 3.66. The zero-order valence-corrected chi connectivity index (χ0v) is 15.1. The standard InChI is InChI=1S/C17H17ClN4O2.ClH/c1-13(11-16(23)19-15-7-5-14(18)6-8-15)20-21-17(24)12-22-9-3-2-4-10-22;/h2-10H,11-12H2,1H3,(H-,19,21,23,24);1H/b20-13+;. The molecule has 0 radical (unpaired) electrons. The van der Waals surface area contributed by atoms with Crippen LogP contribution in [0.25, 0.3) is 0 Å². The van der Waals surface area contributed by atoms with Crippen LogP contribution in [0, 0.1) is 0 Å². The van der Waals surface area contributed by atoms with E-state index in [-0.39, 0.29) is 37.2 Å². The minimum absolute atomic E-state index is 0. The minimum atomic E-state index is -0.261. The number of nitrogens with zero attached hydrogens (tertiary/aromatic N) is 2. The maximum absolute atomic E-state index is 11.9. The Hall–Kier alpha value is -2.44. The molecule has 0 aliphatic carbocycles. The van der Waals surface area contributed by atoms with Crippen molar-refractivity contribution in [3.8, 4) is 0 Å². The highest BCUT2D eigenvalue weighted by Crippen LogP contribution is 2.13. The number of benzene rings is 1. The predicted octanol–water partition coefficient (Wildman–Crippen LogP) is -0.848. The number of carbonyl (C=O) groups excluding carboxylic acids is 2. The molecule has 1 aromatic heterocycles. The predicted molar refractivity (Wildman–Crippen MR) is 92.6 cm³/mol. The summed E-state index contributed by atoms with van der Waals surface area (Å²) >= 11 is 5.79. The molecule has 2 N–H and O–H groups in total. The van der Waals surface area contributed by atoms with Crippen molar-refractivity contribution in [2.24, 2.45) is 5.10 Å². The summed E-state index contributed by atoms with van der Waals surface area (Å²) in [4.78, 5) is 23.7. The molecule has 2 aromatic rings. The first kappa shape index (κ1) is 20.6. The van der Waals surface area contributed by atoms with Crippen molar-refractivity contribution in [3.05, 3.63) is 59.9 Å². The van der Waals surface area contributed by atoms with E-state index < -0.39 is 0 Å². The third-order valence-corrected chi connectivity index (χ3v) is 3.27. The van der Waals surface area contributed by atoms with E-state index in [4.69, 9.17) is 11.6 Å². The van der Waals surface area contributed by atoms with E-state index in [2.05, 4.69) is 15.8 Å². The van der Waals surface area contributed by atoms with Crippen molar-refractivity contribution in [1.82, 2.24) is 5.43 Å². The van der Waals surface area contributed by atoms with Gasteiger partial charge in [-0.25, -0.2) is 5.43 Å². The molecule has 0 fully saturated rings. The second-order valence-corrected chi connectivity index (χ2v) is 5.60. The van der Waals surface area contributed by atoms with Crippen LogP contribution in [0.1, 0.15) is 13.3 Å². The molecule has 8 heteroatoms. The van der Waals surface area contributed by atoms with Crippen molar-refractivity contribution < 1.29 is 26.6 Å². The van der Waals surface area contributed by atoms with Crippen molar-refractivity contribution in [2.75, 3.05) is 5.32 Å². The molecule has 0 saturated heterocycles. The smallest absolute Gasteiger partial charge is 0.305 e. The first-order valence-corrected chi connectivity index (χ1v) is 7.72. The number of pyridine rings is 1. The molecule has 2 rings (SSSR count). The molecule has 0 aliphatic heterocycles. The summed E-state index contributed by atoms with van der Waals surface area (Å²) in [7, 11) is 0. The van der Waals surface area contributed by atoms with Gasteiger partial charge in [0.1, 0.15) is 0 Å². The van der Waals surface area contributed by atoms with Gasteiger partial charge in [-0.3, -0.25) is 9.59 Å². The zero-order valence-electron chi connectivity index (χ0n) is 13.6. The maximum Gasteiger partial charge on any atom is 0.305 e. The number of hydrogen-bond donors (Lipinski definition) is 2. The lowest BCUT2D eigenvalue weighted by atomic mass is 10.2. The van der Waals surface area contributed by atoms with Gasteiger partial charge in [-0.1, -0.05) is 17.7 Å². The van der Waals surface area contributed by atoms with Crippen LogP contribution < -0.4 is 27.7 Å². The summed E-state index contributed by atoms with van der Waals surface area (Å²) in [5.74, 6) is -0.478. The molecular formula is C17H18Cl2N4O2. The zero-order chi connectivity index (χ0) is 17.4. The lowest BCUT2D eigenvalue weighted by Gasteiger charge is -2.05. The van der Waals surface area contributed by atoms with Crippen LogP contribution in [0.4, 0.5) is 5.69 Å². The van der Waals surface area contributed by atoms with Crippen molar-refractivity contribution in [1.29, 1.82) is 0 Å². The highest BCUT2D eigenvalue weighted by molar-refractivity contribution is 6.30. The highest BCUT2D eigenvalue weighted by atomic mass is 35.5. The van der Waals surface area contributed by atoms with Gasteiger partial charge in [-0.05, 0) is 31.2 Å². The SMILES string of the molecule is C/C(CC(=O)Nc1ccc(Cl)cc1)=N\NC(=O)C[n+]1ccccc1.[Cl-].